The summed E-state index contributed by atoms with van der Waals surface area (Å²) in [5.74, 6) is -0.208. The van der Waals surface area contributed by atoms with Crippen LogP contribution in [-0.2, 0) is 25.7 Å². The Hall–Kier alpha value is -2.37. The number of ether oxygens (including phenoxy) is 2. The van der Waals surface area contributed by atoms with E-state index >= 15 is 0 Å². The first-order valence-electron chi connectivity index (χ1n) is 7.31. The van der Waals surface area contributed by atoms with E-state index in [9.17, 15) is 14.4 Å². The van der Waals surface area contributed by atoms with Crippen LogP contribution in [0.4, 0.5) is 0 Å². The largest absolute Gasteiger partial charge is 0.493 e. The van der Waals surface area contributed by atoms with Gasteiger partial charge in [-0.2, -0.15) is 0 Å². The number of carbonyl (C=O) groups is 3. The van der Waals surface area contributed by atoms with Crippen LogP contribution in [0.15, 0.2) is 24.3 Å². The fourth-order valence-corrected chi connectivity index (χ4v) is 2.23. The summed E-state index contributed by atoms with van der Waals surface area (Å²) in [6.45, 7) is 2.61. The highest BCUT2D eigenvalue weighted by Gasteiger charge is 2.28. The lowest BCUT2D eigenvalue weighted by atomic mass is 10.2. The Balaban J connectivity index is 1.81. The molecule has 2 amide bonds. The molecule has 22 heavy (non-hydrogen) atoms. The molecule has 0 aliphatic carbocycles. The third kappa shape index (κ3) is 4.07. The third-order valence-electron chi connectivity index (χ3n) is 3.36. The summed E-state index contributed by atoms with van der Waals surface area (Å²) in [6, 6.07) is 7.33. The molecule has 0 radical (unpaired) electrons. The molecule has 1 aromatic carbocycles. The number of nitrogens with zero attached hydrogens (tertiary/aromatic N) is 1. The summed E-state index contributed by atoms with van der Waals surface area (Å²) in [7, 11) is 0. The van der Waals surface area contributed by atoms with Crippen molar-refractivity contribution < 1.29 is 23.9 Å². The first kappa shape index (κ1) is 16.0. The van der Waals surface area contributed by atoms with Gasteiger partial charge in [0.05, 0.1) is 13.0 Å². The Morgan fingerprint density at radius 1 is 1.18 bits per heavy atom. The number of para-hydroxylation sites is 1. The number of rotatable bonds is 7. The summed E-state index contributed by atoms with van der Waals surface area (Å²) in [5, 5.41) is 0. The zero-order chi connectivity index (χ0) is 15.9. The minimum atomic E-state index is -0.446. The molecule has 0 aromatic heterocycles. The van der Waals surface area contributed by atoms with Gasteiger partial charge in [0.1, 0.15) is 12.4 Å². The summed E-state index contributed by atoms with van der Waals surface area (Å²) >= 11 is 0. The van der Waals surface area contributed by atoms with E-state index in [1.54, 1.807) is 0 Å². The lowest BCUT2D eigenvalue weighted by molar-refractivity contribution is -0.146. The molecule has 1 aliphatic rings. The lowest BCUT2D eigenvalue weighted by Gasteiger charge is -2.13. The number of amides is 2. The van der Waals surface area contributed by atoms with Gasteiger partial charge >= 0.3 is 5.97 Å². The number of imide groups is 1. The van der Waals surface area contributed by atoms with Gasteiger partial charge in [-0.05, 0) is 13.0 Å². The van der Waals surface area contributed by atoms with Gasteiger partial charge in [0.25, 0.3) is 0 Å². The second kappa shape index (κ2) is 7.59. The smallest absolute Gasteiger partial charge is 0.307 e. The summed E-state index contributed by atoms with van der Waals surface area (Å²) < 4.78 is 10.6. The van der Waals surface area contributed by atoms with E-state index in [1.807, 2.05) is 31.2 Å². The Morgan fingerprint density at radius 2 is 1.86 bits per heavy atom. The SMILES string of the molecule is CCOc1ccccc1COC(=O)CCN1C(=O)CCC1=O. The Kier molecular flexibility index (Phi) is 5.52. The van der Waals surface area contributed by atoms with Crippen molar-refractivity contribution in [3.63, 3.8) is 0 Å². The van der Waals surface area contributed by atoms with E-state index in [0.29, 0.717) is 12.4 Å². The zero-order valence-electron chi connectivity index (χ0n) is 12.5. The number of esters is 1. The predicted octanol–water partition coefficient (Wildman–Crippen LogP) is 1.67. The molecule has 1 aromatic rings. The fourth-order valence-electron chi connectivity index (χ4n) is 2.23. The quantitative estimate of drug-likeness (QED) is 0.566. The minimum absolute atomic E-state index is 0.00822. The molecule has 1 fully saturated rings. The van der Waals surface area contributed by atoms with Crippen LogP contribution in [0.3, 0.4) is 0 Å². The van der Waals surface area contributed by atoms with Crippen LogP contribution in [0.5, 0.6) is 5.75 Å². The average molecular weight is 305 g/mol. The highest BCUT2D eigenvalue weighted by atomic mass is 16.5. The van der Waals surface area contributed by atoms with Gasteiger partial charge in [-0.3, -0.25) is 19.3 Å². The summed E-state index contributed by atoms with van der Waals surface area (Å²) in [6.07, 6.45) is 0.472. The zero-order valence-corrected chi connectivity index (χ0v) is 12.5. The molecule has 0 N–H and O–H groups in total. The molecule has 0 saturated carbocycles. The molecule has 0 atom stereocenters. The van der Waals surface area contributed by atoms with Crippen molar-refractivity contribution >= 4 is 17.8 Å². The first-order valence-corrected chi connectivity index (χ1v) is 7.31. The molecule has 118 valence electrons. The van der Waals surface area contributed by atoms with Crippen molar-refractivity contribution in [2.24, 2.45) is 0 Å². The number of hydrogen-bond acceptors (Lipinski definition) is 5. The van der Waals surface area contributed by atoms with E-state index in [2.05, 4.69) is 0 Å². The molecule has 1 saturated heterocycles. The van der Waals surface area contributed by atoms with Gasteiger partial charge in [0.15, 0.2) is 0 Å². The van der Waals surface area contributed by atoms with Crippen molar-refractivity contribution in [1.29, 1.82) is 0 Å². The predicted molar refractivity (Wildman–Crippen MR) is 78.0 cm³/mol. The van der Waals surface area contributed by atoms with Gasteiger partial charge in [0.2, 0.25) is 11.8 Å². The molecule has 1 heterocycles. The topological polar surface area (TPSA) is 72.9 Å². The van der Waals surface area contributed by atoms with Crippen LogP contribution in [-0.4, -0.2) is 35.8 Å². The van der Waals surface area contributed by atoms with Crippen LogP contribution in [0.1, 0.15) is 31.7 Å². The van der Waals surface area contributed by atoms with Crippen LogP contribution >= 0.6 is 0 Å². The van der Waals surface area contributed by atoms with Gasteiger partial charge in [0, 0.05) is 24.9 Å². The van der Waals surface area contributed by atoms with Crippen LogP contribution < -0.4 is 4.74 Å². The molecule has 0 spiro atoms. The molecule has 6 nitrogen and oxygen atoms in total. The fraction of sp³-hybridized carbons (Fsp3) is 0.438. The molecular formula is C16H19NO5. The van der Waals surface area contributed by atoms with Crippen molar-refractivity contribution in [3.8, 4) is 5.75 Å². The maximum absolute atomic E-state index is 11.7. The molecule has 0 bridgehead atoms. The van der Waals surface area contributed by atoms with E-state index in [-0.39, 0.29) is 44.2 Å². The van der Waals surface area contributed by atoms with Crippen LogP contribution in [0.2, 0.25) is 0 Å². The van der Waals surface area contributed by atoms with Gasteiger partial charge in [-0.15, -0.1) is 0 Å². The molecule has 2 rings (SSSR count). The monoisotopic (exact) mass is 305 g/mol. The van der Waals surface area contributed by atoms with Crippen molar-refractivity contribution in [2.75, 3.05) is 13.2 Å². The number of likely N-dealkylation sites (tertiary alicyclic amines) is 1. The average Bonchev–Trinajstić information content (AvgIpc) is 2.83. The Morgan fingerprint density at radius 3 is 2.55 bits per heavy atom. The van der Waals surface area contributed by atoms with E-state index in [4.69, 9.17) is 9.47 Å². The van der Waals surface area contributed by atoms with Gasteiger partial charge < -0.3 is 9.47 Å². The van der Waals surface area contributed by atoms with Crippen LogP contribution in [0, 0.1) is 0 Å². The summed E-state index contributed by atoms with van der Waals surface area (Å²) in [5.41, 5.74) is 0.783. The second-order valence-corrected chi connectivity index (χ2v) is 4.89. The Labute approximate surface area is 129 Å². The maximum atomic E-state index is 11.7. The molecule has 1 aliphatic heterocycles. The highest BCUT2D eigenvalue weighted by molar-refractivity contribution is 6.02. The van der Waals surface area contributed by atoms with Crippen molar-refractivity contribution in [1.82, 2.24) is 4.90 Å². The minimum Gasteiger partial charge on any atom is -0.493 e. The van der Waals surface area contributed by atoms with Crippen LogP contribution in [0.25, 0.3) is 0 Å². The number of hydrogen-bond donors (Lipinski definition) is 0. The number of benzene rings is 1. The van der Waals surface area contributed by atoms with Gasteiger partial charge in [-0.25, -0.2) is 0 Å². The van der Waals surface area contributed by atoms with E-state index in [1.165, 1.54) is 0 Å². The third-order valence-corrected chi connectivity index (χ3v) is 3.36. The summed E-state index contributed by atoms with van der Waals surface area (Å²) in [4.78, 5) is 35.7. The van der Waals surface area contributed by atoms with E-state index in [0.717, 1.165) is 10.5 Å². The molecular weight excluding hydrogens is 286 g/mol. The van der Waals surface area contributed by atoms with Gasteiger partial charge in [-0.1, -0.05) is 18.2 Å². The second-order valence-electron chi connectivity index (χ2n) is 4.89. The van der Waals surface area contributed by atoms with Crippen molar-refractivity contribution in [2.45, 2.75) is 32.8 Å². The first-order chi connectivity index (χ1) is 10.6. The standard InChI is InChI=1S/C16H19NO5/c1-2-21-13-6-4-3-5-12(13)11-22-16(20)9-10-17-14(18)7-8-15(17)19/h3-6H,2,7-11H2,1H3. The molecule has 6 heteroatoms. The normalized spacial score (nSPS) is 14.3. The number of carbonyl (C=O) groups excluding carboxylic acids is 3. The Bertz CT molecular complexity index is 553. The highest BCUT2D eigenvalue weighted by Crippen LogP contribution is 2.19. The van der Waals surface area contributed by atoms with E-state index < -0.39 is 5.97 Å². The lowest BCUT2D eigenvalue weighted by Crippen LogP contribution is -2.31. The maximum Gasteiger partial charge on any atom is 0.307 e. The van der Waals surface area contributed by atoms with Crippen molar-refractivity contribution in [3.05, 3.63) is 29.8 Å². The molecule has 0 unspecified atom stereocenters.